The molecule has 3 aromatic rings. The number of hydrogen-bond donors (Lipinski definition) is 0. The van der Waals surface area contributed by atoms with E-state index < -0.39 is 20.9 Å². The number of aryl methyl sites for hydroxylation is 1. The second-order valence-corrected chi connectivity index (χ2v) is 10.1. The summed E-state index contributed by atoms with van der Waals surface area (Å²) in [6, 6.07) is 9.96. The summed E-state index contributed by atoms with van der Waals surface area (Å²) in [5, 5.41) is 11.0. The van der Waals surface area contributed by atoms with Crippen LogP contribution in [0.5, 0.6) is 0 Å². The van der Waals surface area contributed by atoms with Gasteiger partial charge < -0.3 is 4.57 Å². The van der Waals surface area contributed by atoms with Crippen LogP contribution < -0.4 is 4.80 Å². The maximum atomic E-state index is 12.7. The van der Waals surface area contributed by atoms with Gasteiger partial charge in [-0.3, -0.25) is 14.9 Å². The number of carbonyl (C=O) groups is 1. The van der Waals surface area contributed by atoms with Crippen molar-refractivity contribution in [1.29, 1.82) is 0 Å². The fourth-order valence-electron chi connectivity index (χ4n) is 2.93. The maximum Gasteiger partial charge on any atom is 0.279 e. The fourth-order valence-corrected chi connectivity index (χ4v) is 5.42. The van der Waals surface area contributed by atoms with Gasteiger partial charge in [0.2, 0.25) is 10.0 Å². The number of nitro benzene ring substituents is 1. The van der Waals surface area contributed by atoms with Crippen LogP contribution in [0.25, 0.3) is 10.2 Å². The molecular formula is C20H22N4O5S2. The number of carbonyl (C=O) groups excluding carboxylic acids is 1. The molecule has 164 valence electrons. The first-order chi connectivity index (χ1) is 14.6. The highest BCUT2D eigenvalue weighted by Crippen LogP contribution is 2.23. The minimum atomic E-state index is -3.64. The number of nitro groups is 1. The summed E-state index contributed by atoms with van der Waals surface area (Å²) in [6.45, 7) is 5.97. The predicted octanol–water partition coefficient (Wildman–Crippen LogP) is 3.40. The molecule has 9 nitrogen and oxygen atoms in total. The summed E-state index contributed by atoms with van der Waals surface area (Å²) in [5.74, 6) is -0.524. The molecule has 0 aliphatic heterocycles. The van der Waals surface area contributed by atoms with Gasteiger partial charge in [0.05, 0.1) is 20.0 Å². The van der Waals surface area contributed by atoms with E-state index in [1.807, 2.05) is 6.92 Å². The Morgan fingerprint density at radius 1 is 1.23 bits per heavy atom. The minimum absolute atomic E-state index is 0.0296. The Morgan fingerprint density at radius 2 is 1.87 bits per heavy atom. The molecule has 0 unspecified atom stereocenters. The number of fused-ring (bicyclic) bond motifs is 1. The van der Waals surface area contributed by atoms with E-state index in [-0.39, 0.29) is 22.2 Å². The number of non-ortho nitro benzene ring substituents is 1. The highest BCUT2D eigenvalue weighted by molar-refractivity contribution is 7.89. The summed E-state index contributed by atoms with van der Waals surface area (Å²) in [4.78, 5) is 27.9. The van der Waals surface area contributed by atoms with Gasteiger partial charge in [-0.2, -0.15) is 9.30 Å². The van der Waals surface area contributed by atoms with E-state index in [0.29, 0.717) is 16.0 Å². The van der Waals surface area contributed by atoms with E-state index in [9.17, 15) is 23.3 Å². The van der Waals surface area contributed by atoms with E-state index in [1.165, 1.54) is 59.1 Å². The minimum Gasteiger partial charge on any atom is -0.317 e. The molecule has 0 atom stereocenters. The van der Waals surface area contributed by atoms with E-state index in [2.05, 4.69) is 4.99 Å². The van der Waals surface area contributed by atoms with Gasteiger partial charge in [-0.25, -0.2) is 8.42 Å². The van der Waals surface area contributed by atoms with Gasteiger partial charge in [0.1, 0.15) is 0 Å². The lowest BCUT2D eigenvalue weighted by molar-refractivity contribution is -0.384. The molecular weight excluding hydrogens is 440 g/mol. The Morgan fingerprint density at radius 3 is 2.42 bits per heavy atom. The van der Waals surface area contributed by atoms with Gasteiger partial charge in [-0.1, -0.05) is 11.3 Å². The number of amides is 1. The number of nitrogens with zero attached hydrogens (tertiary/aromatic N) is 4. The summed E-state index contributed by atoms with van der Waals surface area (Å²) in [7, 11) is -2.14. The van der Waals surface area contributed by atoms with Crippen LogP contribution in [0.1, 0.15) is 31.1 Å². The van der Waals surface area contributed by atoms with Gasteiger partial charge in [-0.05, 0) is 51.1 Å². The molecule has 0 radical (unpaired) electrons. The van der Waals surface area contributed by atoms with Gasteiger partial charge in [0.25, 0.3) is 11.6 Å². The average molecular weight is 463 g/mol. The average Bonchev–Trinajstić information content (AvgIpc) is 3.08. The Balaban J connectivity index is 1.99. The van der Waals surface area contributed by atoms with E-state index >= 15 is 0 Å². The molecule has 0 N–H and O–H groups in total. The number of benzene rings is 2. The van der Waals surface area contributed by atoms with Crippen molar-refractivity contribution in [2.75, 3.05) is 7.05 Å². The number of aromatic nitrogens is 1. The molecule has 1 amide bonds. The van der Waals surface area contributed by atoms with E-state index in [4.69, 9.17) is 0 Å². The van der Waals surface area contributed by atoms with E-state index in [0.717, 1.165) is 5.52 Å². The Kier molecular flexibility index (Phi) is 6.39. The normalized spacial score (nSPS) is 12.8. The third-order valence-electron chi connectivity index (χ3n) is 4.90. The first-order valence-corrected chi connectivity index (χ1v) is 11.8. The van der Waals surface area contributed by atoms with Gasteiger partial charge >= 0.3 is 0 Å². The zero-order valence-electron chi connectivity index (χ0n) is 17.5. The monoisotopic (exact) mass is 462 g/mol. The van der Waals surface area contributed by atoms with Crippen LogP contribution in [-0.2, 0) is 16.6 Å². The summed E-state index contributed by atoms with van der Waals surface area (Å²) in [6.07, 6.45) is 0. The van der Waals surface area contributed by atoms with Crippen molar-refractivity contribution in [2.24, 2.45) is 4.99 Å². The lowest BCUT2D eigenvalue weighted by Crippen LogP contribution is -2.33. The van der Waals surface area contributed by atoms with Crippen molar-refractivity contribution in [3.63, 3.8) is 0 Å². The number of sulfonamides is 1. The Labute approximate surface area is 183 Å². The predicted molar refractivity (Wildman–Crippen MR) is 119 cm³/mol. The standard InChI is InChI=1S/C20H22N4O5S2/c1-5-23-17-11-8-15(24(26)27)12-18(17)30-20(23)21-19(25)14-6-9-16(10-7-14)31(28,29)22(4)13(2)3/h6-13H,5H2,1-4H3. The van der Waals surface area contributed by atoms with Crippen molar-refractivity contribution in [1.82, 2.24) is 8.87 Å². The Bertz CT molecular complexity index is 1320. The van der Waals surface area contributed by atoms with Crippen molar-refractivity contribution in [3.8, 4) is 0 Å². The fraction of sp³-hybridized carbons (Fsp3) is 0.300. The topological polar surface area (TPSA) is 115 Å². The van der Waals surface area contributed by atoms with Crippen LogP contribution in [0.15, 0.2) is 52.4 Å². The van der Waals surface area contributed by atoms with Crippen LogP contribution in [0.2, 0.25) is 0 Å². The quantitative estimate of drug-likeness (QED) is 0.411. The third kappa shape index (κ3) is 4.43. The number of hydrogen-bond acceptors (Lipinski definition) is 6. The summed E-state index contributed by atoms with van der Waals surface area (Å²) in [5.41, 5.74) is 0.970. The van der Waals surface area contributed by atoms with Crippen molar-refractivity contribution in [2.45, 2.75) is 38.3 Å². The molecule has 0 fully saturated rings. The largest absolute Gasteiger partial charge is 0.317 e. The van der Waals surface area contributed by atoms with Crippen molar-refractivity contribution < 1.29 is 18.1 Å². The lowest BCUT2D eigenvalue weighted by atomic mass is 10.2. The molecule has 1 heterocycles. The zero-order chi connectivity index (χ0) is 22.9. The van der Waals surface area contributed by atoms with Crippen LogP contribution in [0.4, 0.5) is 5.69 Å². The molecule has 0 aliphatic rings. The van der Waals surface area contributed by atoms with Crippen molar-refractivity contribution >= 4 is 43.2 Å². The Hall–Kier alpha value is -2.89. The highest BCUT2D eigenvalue weighted by atomic mass is 32.2. The smallest absolute Gasteiger partial charge is 0.279 e. The molecule has 0 aliphatic carbocycles. The van der Waals surface area contributed by atoms with Crippen LogP contribution >= 0.6 is 11.3 Å². The van der Waals surface area contributed by atoms with Gasteiger partial charge in [0, 0.05) is 37.3 Å². The number of thiazole rings is 1. The first-order valence-electron chi connectivity index (χ1n) is 9.51. The molecule has 0 saturated heterocycles. The summed E-state index contributed by atoms with van der Waals surface area (Å²) < 4.78 is 28.9. The maximum absolute atomic E-state index is 12.7. The van der Waals surface area contributed by atoms with Crippen LogP contribution in [0.3, 0.4) is 0 Å². The van der Waals surface area contributed by atoms with Gasteiger partial charge in [-0.15, -0.1) is 0 Å². The lowest BCUT2D eigenvalue weighted by Gasteiger charge is -2.20. The molecule has 1 aromatic heterocycles. The second kappa shape index (κ2) is 8.69. The molecule has 0 spiro atoms. The molecule has 3 rings (SSSR count). The molecule has 11 heteroatoms. The molecule has 2 aromatic carbocycles. The summed E-state index contributed by atoms with van der Waals surface area (Å²) >= 11 is 1.19. The zero-order valence-corrected chi connectivity index (χ0v) is 19.1. The third-order valence-corrected chi connectivity index (χ3v) is 7.98. The van der Waals surface area contributed by atoms with Crippen LogP contribution in [-0.4, -0.2) is 41.2 Å². The highest BCUT2D eigenvalue weighted by Gasteiger charge is 2.23. The number of rotatable bonds is 6. The SMILES string of the molecule is CCn1c(=NC(=O)c2ccc(S(=O)(=O)N(C)C(C)C)cc2)sc2cc([N+](=O)[O-])ccc21. The first kappa shape index (κ1) is 22.8. The van der Waals surface area contributed by atoms with E-state index in [1.54, 1.807) is 24.5 Å². The van der Waals surface area contributed by atoms with Crippen LogP contribution in [0, 0.1) is 10.1 Å². The van der Waals surface area contributed by atoms with Gasteiger partial charge in [0.15, 0.2) is 4.80 Å². The molecule has 0 bridgehead atoms. The molecule has 0 saturated carbocycles. The second-order valence-electron chi connectivity index (χ2n) is 7.09. The molecule has 31 heavy (non-hydrogen) atoms. The van der Waals surface area contributed by atoms with Crippen molar-refractivity contribution in [3.05, 3.63) is 62.9 Å².